The van der Waals surface area contributed by atoms with Crippen LogP contribution in [-0.2, 0) is 17.7 Å². The number of nitrogens with one attached hydrogen (secondary N) is 1. The van der Waals surface area contributed by atoms with Crippen LogP contribution in [0.25, 0.3) is 0 Å². The van der Waals surface area contributed by atoms with Crippen LogP contribution in [0.2, 0.25) is 0 Å². The Hall–Kier alpha value is -2.91. The molecule has 4 heterocycles. The smallest absolute Gasteiger partial charge is 0.322 e. The predicted molar refractivity (Wildman–Crippen MR) is 129 cm³/mol. The molecule has 2 fully saturated rings. The molecule has 9 nitrogen and oxygen atoms in total. The van der Waals surface area contributed by atoms with Crippen molar-refractivity contribution in [2.45, 2.75) is 19.9 Å². The van der Waals surface area contributed by atoms with Crippen LogP contribution in [0.5, 0.6) is 0 Å². The monoisotopic (exact) mass is 451 g/mol. The van der Waals surface area contributed by atoms with Gasteiger partial charge in [0.25, 0.3) is 0 Å². The van der Waals surface area contributed by atoms with Gasteiger partial charge >= 0.3 is 6.03 Å². The highest BCUT2D eigenvalue weighted by Gasteiger charge is 2.30. The second-order valence-corrected chi connectivity index (χ2v) is 9.13. The number of carbonyl (C=O) groups excluding carboxylic acids is 1. The quantitative estimate of drug-likeness (QED) is 0.765. The first-order chi connectivity index (χ1) is 16.1. The van der Waals surface area contributed by atoms with Crippen LogP contribution in [-0.4, -0.2) is 91.9 Å². The van der Waals surface area contributed by atoms with Crippen molar-refractivity contribution >= 4 is 23.5 Å². The molecular formula is C24H33N7O2. The summed E-state index contributed by atoms with van der Waals surface area (Å²) >= 11 is 0. The van der Waals surface area contributed by atoms with E-state index in [4.69, 9.17) is 14.7 Å². The van der Waals surface area contributed by atoms with E-state index in [1.165, 1.54) is 5.56 Å². The fourth-order valence-corrected chi connectivity index (χ4v) is 4.58. The molecule has 0 unspecified atom stereocenters. The van der Waals surface area contributed by atoms with Gasteiger partial charge in [-0.3, -0.25) is 0 Å². The van der Waals surface area contributed by atoms with Crippen molar-refractivity contribution in [3.8, 4) is 0 Å². The Labute approximate surface area is 195 Å². The summed E-state index contributed by atoms with van der Waals surface area (Å²) in [6.07, 6.45) is 0.733. The third-order valence-electron chi connectivity index (χ3n) is 6.71. The van der Waals surface area contributed by atoms with Crippen LogP contribution in [0.4, 0.5) is 22.2 Å². The molecule has 2 saturated heterocycles. The van der Waals surface area contributed by atoms with Crippen molar-refractivity contribution in [1.29, 1.82) is 0 Å². The molecule has 1 aromatic heterocycles. The minimum atomic E-state index is -0.0777. The summed E-state index contributed by atoms with van der Waals surface area (Å²) in [4.78, 5) is 31.9. The van der Waals surface area contributed by atoms with E-state index in [9.17, 15) is 4.79 Å². The maximum absolute atomic E-state index is 13.0. The summed E-state index contributed by atoms with van der Waals surface area (Å²) in [7, 11) is 2.16. The first kappa shape index (κ1) is 21.9. The van der Waals surface area contributed by atoms with Gasteiger partial charge in [-0.1, -0.05) is 17.7 Å². The number of anilines is 3. The number of hydrogen-bond donors (Lipinski definition) is 1. The fraction of sp³-hybridized carbons (Fsp3) is 0.542. The number of hydrogen-bond acceptors (Lipinski definition) is 7. The van der Waals surface area contributed by atoms with Gasteiger partial charge in [-0.25, -0.2) is 9.78 Å². The topological polar surface area (TPSA) is 77.1 Å². The summed E-state index contributed by atoms with van der Waals surface area (Å²) in [5, 5.41) is 3.04. The van der Waals surface area contributed by atoms with Gasteiger partial charge < -0.3 is 29.7 Å². The molecule has 1 N–H and O–H groups in total. The van der Waals surface area contributed by atoms with Gasteiger partial charge in [-0.15, -0.1) is 0 Å². The molecule has 3 aliphatic heterocycles. The van der Waals surface area contributed by atoms with Crippen molar-refractivity contribution in [2.24, 2.45) is 0 Å². The van der Waals surface area contributed by atoms with Gasteiger partial charge in [0, 0.05) is 63.5 Å². The minimum Gasteiger partial charge on any atom is -0.378 e. The summed E-state index contributed by atoms with van der Waals surface area (Å²) < 4.78 is 5.52. The molecule has 2 amide bonds. The number of likely N-dealkylation sites (N-methyl/N-ethyl adjacent to an activating group) is 1. The van der Waals surface area contributed by atoms with Crippen LogP contribution >= 0.6 is 0 Å². The molecule has 3 aliphatic rings. The van der Waals surface area contributed by atoms with Crippen LogP contribution < -0.4 is 15.1 Å². The molecule has 9 heteroatoms. The maximum atomic E-state index is 13.0. The lowest BCUT2D eigenvalue weighted by atomic mass is 10.1. The van der Waals surface area contributed by atoms with E-state index in [-0.39, 0.29) is 6.03 Å². The van der Waals surface area contributed by atoms with E-state index in [1.54, 1.807) is 0 Å². The zero-order valence-electron chi connectivity index (χ0n) is 19.6. The molecule has 2 aromatic rings. The van der Waals surface area contributed by atoms with E-state index < -0.39 is 0 Å². The summed E-state index contributed by atoms with van der Waals surface area (Å²) in [6.45, 7) is 10.1. The van der Waals surface area contributed by atoms with Crippen molar-refractivity contribution in [2.75, 3.05) is 81.2 Å². The van der Waals surface area contributed by atoms with Crippen molar-refractivity contribution in [1.82, 2.24) is 19.8 Å². The number of carbonyl (C=O) groups is 1. The standard InChI is InChI=1S/C24H33N7O2/c1-18-3-5-19(6-4-18)25-24(32)31-8-7-21-20(17-31)22(29-11-9-28(2)10-12-29)27-23(26-21)30-13-15-33-16-14-30/h3-6H,7-17H2,1-2H3,(H,25,32). The number of amides is 2. The first-order valence-electron chi connectivity index (χ1n) is 11.9. The number of ether oxygens (including phenoxy) is 1. The highest BCUT2D eigenvalue weighted by atomic mass is 16.5. The third-order valence-corrected chi connectivity index (χ3v) is 6.71. The lowest BCUT2D eigenvalue weighted by Crippen LogP contribution is -2.47. The Morgan fingerprint density at radius 2 is 1.67 bits per heavy atom. The lowest BCUT2D eigenvalue weighted by molar-refractivity contribution is 0.122. The first-order valence-corrected chi connectivity index (χ1v) is 11.9. The van der Waals surface area contributed by atoms with Crippen LogP contribution in [0, 0.1) is 6.92 Å². The number of morpholine rings is 1. The molecule has 0 spiro atoms. The van der Waals surface area contributed by atoms with Crippen molar-refractivity contribution in [3.05, 3.63) is 41.1 Å². The summed E-state index contributed by atoms with van der Waals surface area (Å²) in [5.74, 6) is 1.78. The van der Waals surface area contributed by atoms with E-state index >= 15 is 0 Å². The highest BCUT2D eigenvalue weighted by Crippen LogP contribution is 2.30. The molecule has 0 saturated carbocycles. The molecule has 33 heavy (non-hydrogen) atoms. The lowest BCUT2D eigenvalue weighted by Gasteiger charge is -2.38. The average molecular weight is 452 g/mol. The second kappa shape index (κ2) is 9.52. The minimum absolute atomic E-state index is 0.0777. The van der Waals surface area contributed by atoms with Crippen LogP contribution in [0.1, 0.15) is 16.8 Å². The molecule has 0 radical (unpaired) electrons. The van der Waals surface area contributed by atoms with E-state index in [0.717, 1.165) is 74.4 Å². The maximum Gasteiger partial charge on any atom is 0.322 e. The van der Waals surface area contributed by atoms with E-state index in [2.05, 4.69) is 27.1 Å². The van der Waals surface area contributed by atoms with Crippen molar-refractivity contribution in [3.63, 3.8) is 0 Å². The second-order valence-electron chi connectivity index (χ2n) is 9.13. The van der Waals surface area contributed by atoms with Gasteiger partial charge in [-0.2, -0.15) is 4.98 Å². The highest BCUT2D eigenvalue weighted by molar-refractivity contribution is 5.89. The zero-order chi connectivity index (χ0) is 22.8. The summed E-state index contributed by atoms with van der Waals surface area (Å²) in [6, 6.07) is 7.82. The fourth-order valence-electron chi connectivity index (χ4n) is 4.58. The Morgan fingerprint density at radius 3 is 2.39 bits per heavy atom. The number of rotatable bonds is 3. The Kier molecular flexibility index (Phi) is 6.32. The molecule has 0 atom stereocenters. The third kappa shape index (κ3) is 4.89. The number of benzene rings is 1. The van der Waals surface area contributed by atoms with E-state index in [1.807, 2.05) is 36.1 Å². The molecule has 0 bridgehead atoms. The normalized spacial score (nSPS) is 19.4. The largest absolute Gasteiger partial charge is 0.378 e. The SMILES string of the molecule is Cc1ccc(NC(=O)N2CCc3nc(N4CCOCC4)nc(N4CCN(C)CC4)c3C2)cc1. The molecular weight excluding hydrogens is 418 g/mol. The van der Waals surface area contributed by atoms with Crippen LogP contribution in [0.3, 0.4) is 0 Å². The number of urea groups is 1. The Bertz CT molecular complexity index is 983. The molecule has 0 aliphatic carbocycles. The van der Waals surface area contributed by atoms with Gasteiger partial charge in [0.05, 0.1) is 25.5 Å². The van der Waals surface area contributed by atoms with Crippen LogP contribution in [0.15, 0.2) is 24.3 Å². The predicted octanol–water partition coefficient (Wildman–Crippen LogP) is 1.96. The Balaban J connectivity index is 1.40. The van der Waals surface area contributed by atoms with Gasteiger partial charge in [0.2, 0.25) is 5.95 Å². The van der Waals surface area contributed by atoms with E-state index in [0.29, 0.717) is 26.3 Å². The molecule has 5 rings (SSSR count). The number of aryl methyl sites for hydroxylation is 1. The van der Waals surface area contributed by atoms with Gasteiger partial charge in [0.1, 0.15) is 5.82 Å². The Morgan fingerprint density at radius 1 is 0.939 bits per heavy atom. The average Bonchev–Trinajstić information content (AvgIpc) is 2.85. The summed E-state index contributed by atoms with van der Waals surface area (Å²) in [5.41, 5.74) is 4.14. The van der Waals surface area contributed by atoms with Gasteiger partial charge in [0.15, 0.2) is 0 Å². The number of nitrogens with zero attached hydrogens (tertiary/aromatic N) is 6. The molecule has 1 aromatic carbocycles. The number of piperazine rings is 1. The number of fused-ring (bicyclic) bond motifs is 1. The zero-order valence-corrected chi connectivity index (χ0v) is 19.6. The van der Waals surface area contributed by atoms with Gasteiger partial charge in [-0.05, 0) is 26.1 Å². The molecule has 176 valence electrons. The van der Waals surface area contributed by atoms with Crippen molar-refractivity contribution < 1.29 is 9.53 Å². The number of aromatic nitrogens is 2.